The van der Waals surface area contributed by atoms with E-state index < -0.39 is 17.9 Å². The van der Waals surface area contributed by atoms with Crippen molar-refractivity contribution in [2.75, 3.05) is 6.61 Å². The fraction of sp³-hybridized carbons (Fsp3) is 0.893. The number of hydrogen-bond donors (Lipinski definition) is 4. The van der Waals surface area contributed by atoms with Crippen molar-refractivity contribution in [2.24, 2.45) is 17.8 Å². The molecule has 36 heavy (non-hydrogen) atoms. The van der Waals surface area contributed by atoms with E-state index in [9.17, 15) is 14.4 Å². The van der Waals surface area contributed by atoms with Gasteiger partial charge < -0.3 is 20.4 Å². The Morgan fingerprint density at radius 3 is 0.806 bits per heavy atom. The van der Waals surface area contributed by atoms with Crippen LogP contribution in [0.2, 0.25) is 0 Å². The average Bonchev–Trinajstić information content (AvgIpc) is 2.82. The van der Waals surface area contributed by atoms with Gasteiger partial charge in [0.2, 0.25) is 0 Å². The van der Waals surface area contributed by atoms with Crippen molar-refractivity contribution in [2.45, 2.75) is 138 Å². The molecule has 0 saturated carbocycles. The molecule has 0 fully saturated rings. The zero-order valence-corrected chi connectivity index (χ0v) is 26.8. The number of aliphatic hydroxyl groups excluding tert-OH is 1. The first-order chi connectivity index (χ1) is 16.6. The van der Waals surface area contributed by atoms with E-state index in [2.05, 4.69) is 27.7 Å². The fourth-order valence-electron chi connectivity index (χ4n) is 3.02. The van der Waals surface area contributed by atoms with Crippen molar-refractivity contribution in [3.63, 3.8) is 0 Å². The van der Waals surface area contributed by atoms with Gasteiger partial charge in [-0.15, -0.1) is 0 Å². The molecule has 0 rings (SSSR count). The molecule has 0 aliphatic carbocycles. The smallest absolute Gasteiger partial charge is 0.306 e. The van der Waals surface area contributed by atoms with Crippen molar-refractivity contribution >= 4 is 17.9 Å². The second kappa shape index (κ2) is 36.4. The van der Waals surface area contributed by atoms with Gasteiger partial charge in [0.1, 0.15) is 0 Å². The standard InChI is InChI=1S/3C8H16O2.C4H10O.Zr/c3*1-3-5-6-7(4-2)8(9)10;1-2-3-4-5;/h3*7H,3-6H2,1-2H3,(H,9,10);5H,2-4H2,1H3;. The van der Waals surface area contributed by atoms with Gasteiger partial charge in [-0.25, -0.2) is 0 Å². The molecule has 0 aromatic rings. The predicted molar refractivity (Wildman–Crippen MR) is 145 cm³/mol. The number of carboxylic acid groups (broad SMARTS) is 3. The van der Waals surface area contributed by atoms with E-state index in [0.717, 1.165) is 89.9 Å². The van der Waals surface area contributed by atoms with Gasteiger partial charge in [0.05, 0.1) is 17.8 Å². The fourth-order valence-corrected chi connectivity index (χ4v) is 3.02. The summed E-state index contributed by atoms with van der Waals surface area (Å²) in [5, 5.41) is 33.9. The Morgan fingerprint density at radius 2 is 0.722 bits per heavy atom. The second-order valence-corrected chi connectivity index (χ2v) is 8.83. The number of rotatable bonds is 17. The van der Waals surface area contributed by atoms with Crippen LogP contribution in [0.3, 0.4) is 0 Å². The van der Waals surface area contributed by atoms with Crippen LogP contribution in [0.4, 0.5) is 0 Å². The normalized spacial score (nSPS) is 12.0. The van der Waals surface area contributed by atoms with Crippen LogP contribution in [-0.4, -0.2) is 44.9 Å². The molecule has 0 aromatic carbocycles. The summed E-state index contributed by atoms with van der Waals surface area (Å²) in [6.07, 6.45) is 13.2. The van der Waals surface area contributed by atoms with E-state index in [1.165, 1.54) is 0 Å². The summed E-state index contributed by atoms with van der Waals surface area (Å²) >= 11 is 0. The van der Waals surface area contributed by atoms with Crippen LogP contribution in [0.1, 0.15) is 138 Å². The third-order valence-electron chi connectivity index (χ3n) is 5.76. The molecule has 7 nitrogen and oxygen atoms in total. The van der Waals surface area contributed by atoms with Crippen LogP contribution in [0.25, 0.3) is 0 Å². The number of carboxylic acids is 3. The molecule has 0 heterocycles. The quantitative estimate of drug-likeness (QED) is 0.135. The molecule has 0 saturated heterocycles. The van der Waals surface area contributed by atoms with E-state index in [-0.39, 0.29) is 44.0 Å². The number of aliphatic carboxylic acids is 3. The molecular formula is C28H58O7Zr. The maximum Gasteiger partial charge on any atom is 0.306 e. The third-order valence-corrected chi connectivity index (χ3v) is 5.76. The van der Waals surface area contributed by atoms with Gasteiger partial charge in [0, 0.05) is 32.8 Å². The van der Waals surface area contributed by atoms with Crippen LogP contribution in [0.15, 0.2) is 0 Å². The van der Waals surface area contributed by atoms with Crippen molar-refractivity contribution in [3.8, 4) is 0 Å². The summed E-state index contributed by atoms with van der Waals surface area (Å²) in [5.74, 6) is -2.26. The van der Waals surface area contributed by atoms with Gasteiger partial charge in [-0.3, -0.25) is 14.4 Å². The summed E-state index contributed by atoms with van der Waals surface area (Å²) in [6.45, 7) is 14.4. The first-order valence-electron chi connectivity index (χ1n) is 13.9. The van der Waals surface area contributed by atoms with Crippen molar-refractivity contribution in [1.82, 2.24) is 0 Å². The SMILES string of the molecule is CCCCC(CC)C(=O)O.CCCCC(CC)C(=O)O.CCCCC(CC)C(=O)O.CCCCO.[Zr]. The molecule has 0 radical (unpaired) electrons. The molecule has 0 aliphatic heterocycles. The van der Waals surface area contributed by atoms with Gasteiger partial charge in [-0.05, 0) is 44.9 Å². The van der Waals surface area contributed by atoms with Crippen LogP contribution in [-0.2, 0) is 40.6 Å². The maximum absolute atomic E-state index is 10.4. The van der Waals surface area contributed by atoms with E-state index in [1.54, 1.807) is 0 Å². The van der Waals surface area contributed by atoms with Gasteiger partial charge in [-0.2, -0.15) is 0 Å². The molecule has 4 N–H and O–H groups in total. The van der Waals surface area contributed by atoms with Gasteiger partial charge in [-0.1, -0.05) is 93.4 Å². The molecule has 8 heteroatoms. The molecule has 0 aromatic heterocycles. The predicted octanol–water partition coefficient (Wildman–Crippen LogP) is 7.64. The minimum atomic E-state index is -0.643. The molecule has 3 unspecified atom stereocenters. The molecule has 0 spiro atoms. The first-order valence-corrected chi connectivity index (χ1v) is 13.9. The van der Waals surface area contributed by atoms with E-state index in [0.29, 0.717) is 6.61 Å². The number of aliphatic hydroxyl groups is 1. The zero-order valence-electron chi connectivity index (χ0n) is 24.4. The molecule has 0 amide bonds. The van der Waals surface area contributed by atoms with Crippen LogP contribution < -0.4 is 0 Å². The van der Waals surface area contributed by atoms with E-state index >= 15 is 0 Å². The van der Waals surface area contributed by atoms with E-state index in [1.807, 2.05) is 20.8 Å². The zero-order chi connectivity index (χ0) is 28.1. The first kappa shape index (κ1) is 45.2. The Morgan fingerprint density at radius 1 is 0.500 bits per heavy atom. The minimum Gasteiger partial charge on any atom is -0.481 e. The Hall–Kier alpha value is -0.747. The Bertz CT molecular complexity index is 409. The van der Waals surface area contributed by atoms with Crippen LogP contribution in [0.5, 0.6) is 0 Å². The Labute approximate surface area is 241 Å². The van der Waals surface area contributed by atoms with Crippen molar-refractivity contribution in [1.29, 1.82) is 0 Å². The molecular weight excluding hydrogens is 540 g/mol. The maximum atomic E-state index is 10.4. The summed E-state index contributed by atoms with van der Waals surface area (Å²) in [5.41, 5.74) is 0. The minimum absolute atomic E-state index is 0. The Kier molecular flexibility index (Phi) is 45.7. The van der Waals surface area contributed by atoms with Crippen LogP contribution in [0, 0.1) is 17.8 Å². The summed E-state index contributed by atoms with van der Waals surface area (Å²) in [7, 11) is 0. The van der Waals surface area contributed by atoms with Crippen LogP contribution >= 0.6 is 0 Å². The number of unbranched alkanes of at least 4 members (excludes halogenated alkanes) is 4. The molecule has 0 aliphatic rings. The second-order valence-electron chi connectivity index (χ2n) is 8.83. The van der Waals surface area contributed by atoms with Crippen molar-refractivity contribution in [3.05, 3.63) is 0 Å². The topological polar surface area (TPSA) is 132 Å². The molecule has 216 valence electrons. The number of carbonyl (C=O) groups is 3. The summed E-state index contributed by atoms with van der Waals surface area (Å²) in [4.78, 5) is 31.3. The van der Waals surface area contributed by atoms with Gasteiger partial charge in [0.15, 0.2) is 0 Å². The molecule has 3 atom stereocenters. The summed E-state index contributed by atoms with van der Waals surface area (Å²) in [6, 6.07) is 0. The largest absolute Gasteiger partial charge is 0.481 e. The average molecular weight is 598 g/mol. The number of hydrogen-bond acceptors (Lipinski definition) is 4. The summed E-state index contributed by atoms with van der Waals surface area (Å²) < 4.78 is 0. The third kappa shape index (κ3) is 35.4. The van der Waals surface area contributed by atoms with Gasteiger partial charge >= 0.3 is 17.9 Å². The van der Waals surface area contributed by atoms with E-state index in [4.69, 9.17) is 20.4 Å². The van der Waals surface area contributed by atoms with Crippen molar-refractivity contribution < 1.29 is 61.0 Å². The monoisotopic (exact) mass is 596 g/mol. The molecule has 0 bridgehead atoms. The Balaban J connectivity index is -0.000000121. The van der Waals surface area contributed by atoms with Gasteiger partial charge in [0.25, 0.3) is 0 Å².